The summed E-state index contributed by atoms with van der Waals surface area (Å²) < 4.78 is 11.0. The Labute approximate surface area is 238 Å². The summed E-state index contributed by atoms with van der Waals surface area (Å²) in [6, 6.07) is 17.5. The van der Waals surface area contributed by atoms with Crippen molar-refractivity contribution in [2.24, 2.45) is 4.99 Å². The molecule has 2 aromatic heterocycles. The molecule has 0 amide bonds. The van der Waals surface area contributed by atoms with Crippen LogP contribution in [-0.4, -0.2) is 21.7 Å². The molecule has 2 aromatic carbocycles. The van der Waals surface area contributed by atoms with Gasteiger partial charge in [-0.2, -0.15) is 0 Å². The Morgan fingerprint density at radius 3 is 2.53 bits per heavy atom. The number of ether oxygens (including phenoxy) is 1. The van der Waals surface area contributed by atoms with Crippen molar-refractivity contribution < 1.29 is 9.53 Å². The van der Waals surface area contributed by atoms with Gasteiger partial charge < -0.3 is 9.30 Å². The highest BCUT2D eigenvalue weighted by Gasteiger charge is 2.33. The third-order valence-electron chi connectivity index (χ3n) is 6.79. The lowest BCUT2D eigenvalue weighted by Gasteiger charge is -2.24. The Hall–Kier alpha value is -3.24. The summed E-state index contributed by atoms with van der Waals surface area (Å²) in [5.41, 5.74) is 7.05. The van der Waals surface area contributed by atoms with Crippen molar-refractivity contribution >= 4 is 46.0 Å². The van der Waals surface area contributed by atoms with Crippen LogP contribution in [0, 0.1) is 24.3 Å². The molecule has 3 heterocycles. The van der Waals surface area contributed by atoms with Crippen molar-refractivity contribution in [2.75, 3.05) is 6.61 Å². The van der Waals surface area contributed by atoms with E-state index in [4.69, 9.17) is 4.74 Å². The molecular formula is C30H28IN3O3S. The fourth-order valence-corrected chi connectivity index (χ4v) is 6.36. The van der Waals surface area contributed by atoms with Gasteiger partial charge in [0.2, 0.25) is 0 Å². The first-order chi connectivity index (χ1) is 18.2. The molecule has 194 valence electrons. The maximum absolute atomic E-state index is 13.9. The third-order valence-corrected chi connectivity index (χ3v) is 8.98. The van der Waals surface area contributed by atoms with E-state index in [-0.39, 0.29) is 12.2 Å². The lowest BCUT2D eigenvalue weighted by Crippen LogP contribution is -2.39. The predicted octanol–water partition coefficient (Wildman–Crippen LogP) is 5.12. The van der Waals surface area contributed by atoms with Crippen LogP contribution in [0.15, 0.2) is 75.7 Å². The van der Waals surface area contributed by atoms with Crippen LogP contribution in [0.3, 0.4) is 0 Å². The second kappa shape index (κ2) is 10.5. The first-order valence-corrected chi connectivity index (χ1v) is 14.3. The van der Waals surface area contributed by atoms with E-state index >= 15 is 0 Å². The first-order valence-electron chi connectivity index (χ1n) is 12.4. The molecule has 38 heavy (non-hydrogen) atoms. The summed E-state index contributed by atoms with van der Waals surface area (Å²) in [6.07, 6.45) is 1.94. The number of allylic oxidation sites excluding steroid dienone is 1. The number of aromatic nitrogens is 2. The summed E-state index contributed by atoms with van der Waals surface area (Å²) in [4.78, 5) is 32.1. The number of aryl methyl sites for hydroxylation is 2. The molecule has 0 bridgehead atoms. The molecule has 0 spiro atoms. The van der Waals surface area contributed by atoms with Gasteiger partial charge in [-0.15, -0.1) is 0 Å². The maximum atomic E-state index is 13.9. The van der Waals surface area contributed by atoms with Gasteiger partial charge in [0.05, 0.1) is 28.5 Å². The van der Waals surface area contributed by atoms with Crippen LogP contribution in [0.2, 0.25) is 0 Å². The molecule has 8 heteroatoms. The molecule has 0 saturated carbocycles. The van der Waals surface area contributed by atoms with Crippen LogP contribution in [0.4, 0.5) is 0 Å². The number of carbonyl (C=O) groups excluding carboxylic acids is 1. The van der Waals surface area contributed by atoms with E-state index < -0.39 is 12.0 Å². The average molecular weight is 638 g/mol. The molecule has 0 fully saturated rings. The summed E-state index contributed by atoms with van der Waals surface area (Å²) >= 11 is 3.69. The van der Waals surface area contributed by atoms with E-state index in [9.17, 15) is 9.59 Å². The number of hydrogen-bond acceptors (Lipinski definition) is 5. The molecular weight excluding hydrogens is 609 g/mol. The quantitative estimate of drug-likeness (QED) is 0.226. The van der Waals surface area contributed by atoms with Crippen LogP contribution < -0.4 is 14.9 Å². The van der Waals surface area contributed by atoms with Gasteiger partial charge >= 0.3 is 5.97 Å². The Bertz CT molecular complexity index is 1780. The monoisotopic (exact) mass is 637 g/mol. The van der Waals surface area contributed by atoms with Gasteiger partial charge in [0.1, 0.15) is 0 Å². The van der Waals surface area contributed by atoms with Crippen molar-refractivity contribution in [3.05, 3.63) is 117 Å². The predicted molar refractivity (Wildman–Crippen MR) is 160 cm³/mol. The zero-order chi connectivity index (χ0) is 27.1. The van der Waals surface area contributed by atoms with Crippen LogP contribution in [0.25, 0.3) is 11.8 Å². The van der Waals surface area contributed by atoms with E-state index in [0.717, 1.165) is 28.2 Å². The van der Waals surface area contributed by atoms with Gasteiger partial charge in [-0.3, -0.25) is 9.36 Å². The van der Waals surface area contributed by atoms with E-state index in [1.807, 2.05) is 36.4 Å². The van der Waals surface area contributed by atoms with Crippen molar-refractivity contribution in [2.45, 2.75) is 40.7 Å². The van der Waals surface area contributed by atoms with Gasteiger partial charge in [-0.1, -0.05) is 41.7 Å². The number of thiazole rings is 1. The lowest BCUT2D eigenvalue weighted by molar-refractivity contribution is -0.139. The smallest absolute Gasteiger partial charge is 0.338 e. The molecule has 0 N–H and O–H groups in total. The summed E-state index contributed by atoms with van der Waals surface area (Å²) in [5, 5.41) is 0. The second-order valence-electron chi connectivity index (χ2n) is 9.31. The summed E-state index contributed by atoms with van der Waals surface area (Å²) in [5.74, 6) is -0.451. The van der Waals surface area contributed by atoms with Crippen molar-refractivity contribution in [1.29, 1.82) is 0 Å². The minimum Gasteiger partial charge on any atom is -0.463 e. The SMILES string of the molecule is CCOC(=O)C1=C(C)N=c2s/c(=C/c3cc(C)n(-c4ccc(I)c(C)c4)c3C)c(=O)n2[C@@H]1c1ccccc1. The molecule has 0 radical (unpaired) electrons. The number of halogens is 1. The number of fused-ring (bicyclic) bond motifs is 1. The molecule has 5 rings (SSSR count). The second-order valence-corrected chi connectivity index (χ2v) is 11.5. The highest BCUT2D eigenvalue weighted by Crippen LogP contribution is 2.30. The van der Waals surface area contributed by atoms with E-state index in [0.29, 0.717) is 20.6 Å². The van der Waals surface area contributed by atoms with Gasteiger partial charge in [0.25, 0.3) is 5.56 Å². The zero-order valence-corrected chi connectivity index (χ0v) is 24.9. The third kappa shape index (κ3) is 4.60. The lowest BCUT2D eigenvalue weighted by atomic mass is 9.96. The van der Waals surface area contributed by atoms with Crippen LogP contribution in [0.1, 0.15) is 48.0 Å². The van der Waals surface area contributed by atoms with Crippen molar-refractivity contribution in [3.8, 4) is 5.69 Å². The maximum Gasteiger partial charge on any atom is 0.338 e. The normalized spacial score (nSPS) is 15.4. The van der Waals surface area contributed by atoms with Crippen molar-refractivity contribution in [1.82, 2.24) is 9.13 Å². The van der Waals surface area contributed by atoms with E-state index in [1.54, 1.807) is 18.4 Å². The van der Waals surface area contributed by atoms with Crippen molar-refractivity contribution in [3.63, 3.8) is 0 Å². The Morgan fingerprint density at radius 2 is 1.84 bits per heavy atom. The van der Waals surface area contributed by atoms with E-state index in [1.165, 1.54) is 20.5 Å². The number of nitrogens with zero attached hydrogens (tertiary/aromatic N) is 3. The molecule has 0 saturated heterocycles. The molecule has 6 nitrogen and oxygen atoms in total. The fraction of sp³-hybridized carbons (Fsp3) is 0.233. The number of rotatable bonds is 5. The molecule has 1 atom stereocenters. The fourth-order valence-electron chi connectivity index (χ4n) is 4.98. The molecule has 0 unspecified atom stereocenters. The van der Waals surface area contributed by atoms with Gasteiger partial charge in [-0.05, 0) is 104 Å². The first kappa shape index (κ1) is 26.4. The zero-order valence-electron chi connectivity index (χ0n) is 21.9. The highest BCUT2D eigenvalue weighted by atomic mass is 127. The summed E-state index contributed by atoms with van der Waals surface area (Å²) in [6.45, 7) is 10.1. The van der Waals surface area contributed by atoms with E-state index in [2.05, 4.69) is 77.2 Å². The minimum absolute atomic E-state index is 0.174. The van der Waals surface area contributed by atoms with Crippen LogP contribution in [0.5, 0.6) is 0 Å². The largest absolute Gasteiger partial charge is 0.463 e. The highest BCUT2D eigenvalue weighted by molar-refractivity contribution is 14.1. The Balaban J connectivity index is 1.68. The molecule has 1 aliphatic rings. The van der Waals surface area contributed by atoms with Gasteiger partial charge in [-0.25, -0.2) is 9.79 Å². The summed E-state index contributed by atoms with van der Waals surface area (Å²) in [7, 11) is 0. The molecule has 0 aliphatic carbocycles. The number of benzene rings is 2. The molecule has 1 aliphatic heterocycles. The minimum atomic E-state index is -0.601. The standard InChI is InChI=1S/C30H28IN3O3S/c1-6-37-29(36)26-19(4)32-30-34(27(26)21-10-8-7-9-11-21)28(35)25(38-30)16-22-15-18(3)33(20(22)5)23-12-13-24(31)17(2)14-23/h7-16,27H,6H2,1-5H3/b25-16+/t27-/m1/s1. The van der Waals surface area contributed by atoms with Crippen LogP contribution in [-0.2, 0) is 9.53 Å². The number of esters is 1. The molecule has 4 aromatic rings. The van der Waals surface area contributed by atoms with Crippen LogP contribution >= 0.6 is 33.9 Å². The van der Waals surface area contributed by atoms with Gasteiger partial charge in [0, 0.05) is 20.6 Å². The number of carbonyl (C=O) groups is 1. The number of hydrogen-bond donors (Lipinski definition) is 0. The van der Waals surface area contributed by atoms with Gasteiger partial charge in [0.15, 0.2) is 4.80 Å². The average Bonchev–Trinajstić information content (AvgIpc) is 3.34. The Kier molecular flexibility index (Phi) is 7.28. The Morgan fingerprint density at radius 1 is 1.11 bits per heavy atom. The topological polar surface area (TPSA) is 65.6 Å².